The highest BCUT2D eigenvalue weighted by atomic mass is 19.1. The van der Waals surface area contributed by atoms with Crippen LogP contribution in [0.25, 0.3) is 22.8 Å². The Hall–Kier alpha value is -3.06. The van der Waals surface area contributed by atoms with Gasteiger partial charge in [0.05, 0.1) is 22.8 Å². The lowest BCUT2D eigenvalue weighted by molar-refractivity contribution is 0.0858. The summed E-state index contributed by atoms with van der Waals surface area (Å²) in [5.74, 6) is -0.382. The molecule has 4 rings (SSSR count). The standard InChI is InChI=1S/C20H18FN3O3/c21-17-10-4-3-9-16(17)18-23-20(27-24-18)15-8-2-1-7-14(15)19(25)22-12-13-6-5-11-26-13/h1-4,7-10,13H,5-6,11-12H2,(H,22,25)/t13-/m0/s1. The molecular weight excluding hydrogens is 349 g/mol. The Morgan fingerprint density at radius 3 is 2.70 bits per heavy atom. The van der Waals surface area contributed by atoms with Crippen molar-refractivity contribution in [3.8, 4) is 22.8 Å². The van der Waals surface area contributed by atoms with Gasteiger partial charge in [-0.2, -0.15) is 4.98 Å². The van der Waals surface area contributed by atoms with E-state index in [2.05, 4.69) is 15.5 Å². The van der Waals surface area contributed by atoms with E-state index in [4.69, 9.17) is 9.26 Å². The number of rotatable bonds is 5. The molecule has 0 saturated carbocycles. The van der Waals surface area contributed by atoms with E-state index in [0.29, 0.717) is 17.7 Å². The molecule has 0 aliphatic carbocycles. The summed E-state index contributed by atoms with van der Waals surface area (Å²) in [4.78, 5) is 16.9. The van der Waals surface area contributed by atoms with Crippen LogP contribution >= 0.6 is 0 Å². The van der Waals surface area contributed by atoms with Gasteiger partial charge in [-0.1, -0.05) is 29.4 Å². The summed E-state index contributed by atoms with van der Waals surface area (Å²) in [6.45, 7) is 1.19. The average Bonchev–Trinajstić information content (AvgIpc) is 3.38. The van der Waals surface area contributed by atoms with Crippen LogP contribution in [0.3, 0.4) is 0 Å². The van der Waals surface area contributed by atoms with E-state index in [1.807, 2.05) is 0 Å². The molecule has 1 fully saturated rings. The van der Waals surface area contributed by atoms with E-state index >= 15 is 0 Å². The van der Waals surface area contributed by atoms with Crippen molar-refractivity contribution in [2.24, 2.45) is 0 Å². The van der Waals surface area contributed by atoms with Crippen molar-refractivity contribution in [1.82, 2.24) is 15.5 Å². The van der Waals surface area contributed by atoms with Gasteiger partial charge in [-0.15, -0.1) is 0 Å². The monoisotopic (exact) mass is 367 g/mol. The van der Waals surface area contributed by atoms with Crippen molar-refractivity contribution in [2.75, 3.05) is 13.2 Å². The Bertz CT molecular complexity index is 951. The number of hydrogen-bond donors (Lipinski definition) is 1. The predicted octanol–water partition coefficient (Wildman–Crippen LogP) is 3.45. The molecule has 2 heterocycles. The van der Waals surface area contributed by atoms with Gasteiger partial charge >= 0.3 is 0 Å². The van der Waals surface area contributed by atoms with Crippen molar-refractivity contribution in [1.29, 1.82) is 0 Å². The molecule has 6 nitrogen and oxygen atoms in total. The van der Waals surface area contributed by atoms with Crippen molar-refractivity contribution < 1.29 is 18.4 Å². The van der Waals surface area contributed by atoms with Crippen LogP contribution in [-0.2, 0) is 4.74 Å². The van der Waals surface area contributed by atoms with Crippen LogP contribution in [0.4, 0.5) is 4.39 Å². The molecule has 1 aliphatic heterocycles. The van der Waals surface area contributed by atoms with Crippen LogP contribution < -0.4 is 5.32 Å². The highest BCUT2D eigenvalue weighted by Crippen LogP contribution is 2.26. The van der Waals surface area contributed by atoms with Gasteiger partial charge in [0.25, 0.3) is 11.8 Å². The average molecular weight is 367 g/mol. The lowest BCUT2D eigenvalue weighted by atomic mass is 10.1. The summed E-state index contributed by atoms with van der Waals surface area (Å²) in [5, 5.41) is 6.74. The summed E-state index contributed by atoms with van der Waals surface area (Å²) < 4.78 is 24.8. The van der Waals surface area contributed by atoms with Crippen molar-refractivity contribution in [2.45, 2.75) is 18.9 Å². The van der Waals surface area contributed by atoms with Crippen LogP contribution in [0, 0.1) is 5.82 Å². The number of benzene rings is 2. The second-order valence-corrected chi connectivity index (χ2v) is 6.29. The van der Waals surface area contributed by atoms with Crippen molar-refractivity contribution in [3.63, 3.8) is 0 Å². The molecule has 27 heavy (non-hydrogen) atoms. The Morgan fingerprint density at radius 2 is 1.93 bits per heavy atom. The number of nitrogens with one attached hydrogen (secondary N) is 1. The largest absolute Gasteiger partial charge is 0.376 e. The molecule has 1 N–H and O–H groups in total. The van der Waals surface area contributed by atoms with Crippen molar-refractivity contribution >= 4 is 5.91 Å². The fourth-order valence-corrected chi connectivity index (χ4v) is 3.06. The normalized spacial score (nSPS) is 16.4. The van der Waals surface area contributed by atoms with E-state index in [-0.39, 0.29) is 29.3 Å². The summed E-state index contributed by atoms with van der Waals surface area (Å²) in [5.41, 5.74) is 1.16. The van der Waals surface area contributed by atoms with Gasteiger partial charge in [0.1, 0.15) is 5.82 Å². The zero-order chi connectivity index (χ0) is 18.6. The Kier molecular flexibility index (Phi) is 4.93. The SMILES string of the molecule is O=C(NC[C@@H]1CCCO1)c1ccccc1-c1nc(-c2ccccc2F)no1. The van der Waals surface area contributed by atoms with E-state index in [1.54, 1.807) is 42.5 Å². The topological polar surface area (TPSA) is 77.2 Å². The highest BCUT2D eigenvalue weighted by Gasteiger charge is 2.21. The summed E-state index contributed by atoms with van der Waals surface area (Å²) >= 11 is 0. The first-order chi connectivity index (χ1) is 13.2. The Labute approximate surface area is 155 Å². The molecule has 1 amide bonds. The third-order valence-corrected chi connectivity index (χ3v) is 4.46. The maximum Gasteiger partial charge on any atom is 0.259 e. The van der Waals surface area contributed by atoms with E-state index in [9.17, 15) is 9.18 Å². The molecule has 0 bridgehead atoms. The first-order valence-electron chi connectivity index (χ1n) is 8.80. The van der Waals surface area contributed by atoms with Crippen LogP contribution in [0.15, 0.2) is 53.1 Å². The molecule has 138 valence electrons. The molecule has 0 spiro atoms. The highest BCUT2D eigenvalue weighted by molar-refractivity contribution is 6.00. The predicted molar refractivity (Wildman–Crippen MR) is 96.4 cm³/mol. The van der Waals surface area contributed by atoms with Crippen LogP contribution in [0.1, 0.15) is 23.2 Å². The zero-order valence-electron chi connectivity index (χ0n) is 14.5. The first-order valence-corrected chi connectivity index (χ1v) is 8.80. The molecule has 1 aromatic heterocycles. The number of halogens is 1. The van der Waals surface area contributed by atoms with Crippen LogP contribution in [0.2, 0.25) is 0 Å². The Balaban J connectivity index is 1.58. The van der Waals surface area contributed by atoms with Gasteiger partial charge in [0.2, 0.25) is 5.82 Å². The molecule has 1 saturated heterocycles. The maximum atomic E-state index is 13.9. The van der Waals surface area contributed by atoms with Gasteiger partial charge in [-0.25, -0.2) is 4.39 Å². The number of hydrogen-bond acceptors (Lipinski definition) is 5. The summed E-state index contributed by atoms with van der Waals surface area (Å²) in [7, 11) is 0. The molecule has 0 unspecified atom stereocenters. The van der Waals surface area contributed by atoms with Gasteiger partial charge in [0, 0.05) is 13.2 Å². The number of carbonyl (C=O) groups excluding carboxylic acids is 1. The number of amides is 1. The quantitative estimate of drug-likeness (QED) is 0.747. The minimum atomic E-state index is -0.438. The van der Waals surface area contributed by atoms with Gasteiger partial charge in [-0.05, 0) is 37.1 Å². The number of nitrogens with zero attached hydrogens (tertiary/aromatic N) is 2. The van der Waals surface area contributed by atoms with E-state index in [0.717, 1.165) is 19.4 Å². The van der Waals surface area contributed by atoms with Gasteiger partial charge in [-0.3, -0.25) is 4.79 Å². The number of ether oxygens (including phenoxy) is 1. The molecule has 1 aliphatic rings. The smallest absolute Gasteiger partial charge is 0.259 e. The third kappa shape index (κ3) is 3.73. The lowest BCUT2D eigenvalue weighted by Crippen LogP contribution is -2.32. The molecule has 2 aromatic carbocycles. The van der Waals surface area contributed by atoms with E-state index < -0.39 is 5.82 Å². The third-order valence-electron chi connectivity index (χ3n) is 4.46. The number of carbonyl (C=O) groups is 1. The van der Waals surface area contributed by atoms with Crippen molar-refractivity contribution in [3.05, 3.63) is 59.9 Å². The second kappa shape index (κ2) is 7.67. The summed E-state index contributed by atoms with van der Waals surface area (Å²) in [6, 6.07) is 13.1. The molecule has 7 heteroatoms. The Morgan fingerprint density at radius 1 is 1.15 bits per heavy atom. The lowest BCUT2D eigenvalue weighted by Gasteiger charge is -2.11. The molecule has 3 aromatic rings. The maximum absolute atomic E-state index is 13.9. The minimum absolute atomic E-state index is 0.0529. The molecule has 1 atom stereocenters. The van der Waals surface area contributed by atoms with Crippen LogP contribution in [-0.4, -0.2) is 35.3 Å². The first kappa shape index (κ1) is 17.4. The fourth-order valence-electron chi connectivity index (χ4n) is 3.06. The number of aromatic nitrogens is 2. The summed E-state index contributed by atoms with van der Waals surface area (Å²) in [6.07, 6.45) is 2.01. The van der Waals surface area contributed by atoms with Crippen LogP contribution in [0.5, 0.6) is 0 Å². The second-order valence-electron chi connectivity index (χ2n) is 6.29. The van der Waals surface area contributed by atoms with Gasteiger partial charge < -0.3 is 14.6 Å². The van der Waals surface area contributed by atoms with Gasteiger partial charge in [0.15, 0.2) is 0 Å². The zero-order valence-corrected chi connectivity index (χ0v) is 14.5. The van der Waals surface area contributed by atoms with E-state index in [1.165, 1.54) is 6.07 Å². The molecule has 0 radical (unpaired) electrons. The minimum Gasteiger partial charge on any atom is -0.376 e. The fraction of sp³-hybridized carbons (Fsp3) is 0.250. The molecular formula is C20H18FN3O3.